The molecule has 2 atom stereocenters. The molecule has 1 fully saturated rings. The van der Waals surface area contributed by atoms with Crippen molar-refractivity contribution in [2.24, 2.45) is 5.92 Å². The fourth-order valence-corrected chi connectivity index (χ4v) is 1.75. The molecule has 0 aliphatic carbocycles. The lowest BCUT2D eigenvalue weighted by atomic mass is 9.87. The smallest absolute Gasteiger partial charge is 0.137 e. The molecule has 2 unspecified atom stereocenters. The zero-order valence-electron chi connectivity index (χ0n) is 7.39. The van der Waals surface area contributed by atoms with E-state index >= 15 is 0 Å². The van der Waals surface area contributed by atoms with Gasteiger partial charge in [0, 0.05) is 18.4 Å². The first-order valence-corrected chi connectivity index (χ1v) is 4.51. The summed E-state index contributed by atoms with van der Waals surface area (Å²) < 4.78 is 0. The van der Waals surface area contributed by atoms with Crippen LogP contribution in [0.15, 0.2) is 0 Å². The summed E-state index contributed by atoms with van der Waals surface area (Å²) in [5.74, 6) is 0.707. The molecule has 1 aliphatic heterocycles. The highest BCUT2D eigenvalue weighted by molar-refractivity contribution is 5.81. The van der Waals surface area contributed by atoms with Gasteiger partial charge in [-0.1, -0.05) is 6.92 Å². The minimum Gasteiger partial charge on any atom is -0.314 e. The van der Waals surface area contributed by atoms with Gasteiger partial charge >= 0.3 is 0 Å². The second kappa shape index (κ2) is 3.86. The number of hydrogen-bond donors (Lipinski definition) is 1. The molecule has 1 rings (SSSR count). The Morgan fingerprint density at radius 1 is 1.64 bits per heavy atom. The first-order chi connectivity index (χ1) is 5.25. The maximum Gasteiger partial charge on any atom is 0.137 e. The maximum absolute atomic E-state index is 11.3. The molecule has 0 amide bonds. The van der Waals surface area contributed by atoms with Crippen LogP contribution < -0.4 is 5.32 Å². The third-order valence-corrected chi connectivity index (χ3v) is 2.52. The van der Waals surface area contributed by atoms with Gasteiger partial charge in [-0.3, -0.25) is 4.79 Å². The van der Waals surface area contributed by atoms with Gasteiger partial charge in [0.1, 0.15) is 5.78 Å². The predicted octanol–water partition coefficient (Wildman–Crippen LogP) is 1.35. The summed E-state index contributed by atoms with van der Waals surface area (Å²) in [6.07, 6.45) is 2.93. The molecule has 1 aliphatic rings. The monoisotopic (exact) mass is 155 g/mol. The highest BCUT2D eigenvalue weighted by Gasteiger charge is 2.25. The Kier molecular flexibility index (Phi) is 3.06. The van der Waals surface area contributed by atoms with Crippen LogP contribution in [0.3, 0.4) is 0 Å². The van der Waals surface area contributed by atoms with Crippen LogP contribution in [0.25, 0.3) is 0 Å². The van der Waals surface area contributed by atoms with Gasteiger partial charge in [0.2, 0.25) is 0 Å². The van der Waals surface area contributed by atoms with Gasteiger partial charge in [-0.15, -0.1) is 0 Å². The van der Waals surface area contributed by atoms with E-state index in [1.807, 2.05) is 6.92 Å². The predicted molar refractivity (Wildman–Crippen MR) is 45.5 cm³/mol. The molecule has 0 aromatic heterocycles. The first kappa shape index (κ1) is 8.72. The normalized spacial score (nSPS) is 31.8. The number of nitrogens with one attached hydrogen (secondary N) is 1. The molecular formula is C9H17NO. The van der Waals surface area contributed by atoms with E-state index in [0.717, 1.165) is 19.4 Å². The highest BCUT2D eigenvalue weighted by atomic mass is 16.1. The fourth-order valence-electron chi connectivity index (χ4n) is 1.75. The Labute approximate surface area is 68.4 Å². The van der Waals surface area contributed by atoms with Crippen LogP contribution in [0.2, 0.25) is 0 Å². The zero-order valence-corrected chi connectivity index (χ0v) is 7.39. The third kappa shape index (κ3) is 2.03. The minimum atomic E-state index is 0.286. The van der Waals surface area contributed by atoms with Crippen molar-refractivity contribution in [1.82, 2.24) is 5.32 Å². The van der Waals surface area contributed by atoms with Crippen LogP contribution in [0.1, 0.15) is 33.1 Å². The van der Waals surface area contributed by atoms with Crippen LogP contribution in [0, 0.1) is 5.92 Å². The summed E-state index contributed by atoms with van der Waals surface area (Å²) in [5, 5.41) is 3.33. The van der Waals surface area contributed by atoms with Crippen molar-refractivity contribution in [2.75, 3.05) is 6.54 Å². The molecule has 0 saturated carbocycles. The van der Waals surface area contributed by atoms with E-state index < -0.39 is 0 Å². The Balaban J connectivity index is 2.47. The van der Waals surface area contributed by atoms with Gasteiger partial charge in [-0.25, -0.2) is 0 Å². The SMILES string of the molecule is CCC(=O)C1CCCNC1C. The molecule has 1 saturated heterocycles. The molecule has 0 radical (unpaired) electrons. The van der Waals surface area contributed by atoms with Gasteiger partial charge in [-0.2, -0.15) is 0 Å². The summed E-state index contributed by atoms with van der Waals surface area (Å²) in [6.45, 7) is 5.13. The van der Waals surface area contributed by atoms with E-state index in [2.05, 4.69) is 12.2 Å². The fraction of sp³-hybridized carbons (Fsp3) is 0.889. The number of carbonyl (C=O) groups excluding carboxylic acids is 1. The van der Waals surface area contributed by atoms with Crippen LogP contribution in [0.4, 0.5) is 0 Å². The van der Waals surface area contributed by atoms with Crippen molar-refractivity contribution in [3.05, 3.63) is 0 Å². The van der Waals surface area contributed by atoms with E-state index in [4.69, 9.17) is 0 Å². The summed E-state index contributed by atoms with van der Waals surface area (Å²) in [7, 11) is 0. The van der Waals surface area contributed by atoms with E-state index in [9.17, 15) is 4.79 Å². The van der Waals surface area contributed by atoms with E-state index in [1.165, 1.54) is 0 Å². The van der Waals surface area contributed by atoms with Crippen LogP contribution >= 0.6 is 0 Å². The lowest BCUT2D eigenvalue weighted by Crippen LogP contribution is -2.42. The molecule has 0 spiro atoms. The molecule has 0 bridgehead atoms. The van der Waals surface area contributed by atoms with Crippen LogP contribution in [0.5, 0.6) is 0 Å². The molecule has 11 heavy (non-hydrogen) atoms. The van der Waals surface area contributed by atoms with Crippen molar-refractivity contribution in [1.29, 1.82) is 0 Å². The molecule has 64 valence electrons. The van der Waals surface area contributed by atoms with Gasteiger partial charge < -0.3 is 5.32 Å². The molecule has 1 heterocycles. The van der Waals surface area contributed by atoms with E-state index in [-0.39, 0.29) is 5.92 Å². The van der Waals surface area contributed by atoms with Gasteiger partial charge in [0.05, 0.1) is 0 Å². The standard InChI is InChI=1S/C9H17NO/c1-3-9(11)8-5-4-6-10-7(8)2/h7-8,10H,3-6H2,1-2H3. The maximum atomic E-state index is 11.3. The van der Waals surface area contributed by atoms with Crippen molar-refractivity contribution >= 4 is 5.78 Å². The summed E-state index contributed by atoms with van der Waals surface area (Å²) >= 11 is 0. The van der Waals surface area contributed by atoms with Crippen molar-refractivity contribution in [3.8, 4) is 0 Å². The number of rotatable bonds is 2. The zero-order chi connectivity index (χ0) is 8.27. The topological polar surface area (TPSA) is 29.1 Å². The highest BCUT2D eigenvalue weighted by Crippen LogP contribution is 2.18. The van der Waals surface area contributed by atoms with Crippen LogP contribution in [-0.4, -0.2) is 18.4 Å². The van der Waals surface area contributed by atoms with Crippen LogP contribution in [-0.2, 0) is 4.79 Å². The lowest BCUT2D eigenvalue weighted by molar-refractivity contribution is -0.124. The summed E-state index contributed by atoms with van der Waals surface area (Å²) in [4.78, 5) is 11.3. The lowest BCUT2D eigenvalue weighted by Gasteiger charge is -2.28. The Morgan fingerprint density at radius 3 is 2.91 bits per heavy atom. The average molecular weight is 155 g/mol. The largest absolute Gasteiger partial charge is 0.314 e. The number of piperidine rings is 1. The quantitative estimate of drug-likeness (QED) is 0.652. The summed E-state index contributed by atoms with van der Waals surface area (Å²) in [6, 6.07) is 0.399. The van der Waals surface area contributed by atoms with E-state index in [0.29, 0.717) is 18.2 Å². The number of hydrogen-bond acceptors (Lipinski definition) is 2. The molecule has 0 aromatic carbocycles. The van der Waals surface area contributed by atoms with Crippen molar-refractivity contribution in [2.45, 2.75) is 39.2 Å². The molecular weight excluding hydrogens is 138 g/mol. The minimum absolute atomic E-state index is 0.286. The van der Waals surface area contributed by atoms with Gasteiger partial charge in [-0.05, 0) is 26.3 Å². The average Bonchev–Trinajstić information content (AvgIpc) is 2.04. The second-order valence-electron chi connectivity index (χ2n) is 3.31. The Morgan fingerprint density at radius 2 is 2.36 bits per heavy atom. The summed E-state index contributed by atoms with van der Waals surface area (Å²) in [5.41, 5.74) is 0. The van der Waals surface area contributed by atoms with Crippen molar-refractivity contribution < 1.29 is 4.79 Å². The number of Topliss-reactive ketones (excluding diaryl/α,β-unsaturated/α-hetero) is 1. The molecule has 1 N–H and O–H groups in total. The van der Waals surface area contributed by atoms with Gasteiger partial charge in [0.25, 0.3) is 0 Å². The van der Waals surface area contributed by atoms with E-state index in [1.54, 1.807) is 0 Å². The number of ketones is 1. The first-order valence-electron chi connectivity index (χ1n) is 4.51. The number of carbonyl (C=O) groups is 1. The Bertz CT molecular complexity index is 144. The second-order valence-corrected chi connectivity index (χ2v) is 3.31. The molecule has 2 nitrogen and oxygen atoms in total. The van der Waals surface area contributed by atoms with Gasteiger partial charge in [0.15, 0.2) is 0 Å². The Hall–Kier alpha value is -0.370. The van der Waals surface area contributed by atoms with Crippen molar-refractivity contribution in [3.63, 3.8) is 0 Å². The third-order valence-electron chi connectivity index (χ3n) is 2.52. The molecule has 2 heteroatoms. The molecule has 0 aromatic rings.